The number of hydrogen-bond donors (Lipinski definition) is 0. The lowest BCUT2D eigenvalue weighted by molar-refractivity contribution is 0.541. The number of halogens is 2. The fourth-order valence-corrected chi connectivity index (χ4v) is 1.38. The van der Waals surface area contributed by atoms with Crippen LogP contribution in [-0.4, -0.2) is 18.0 Å². The van der Waals surface area contributed by atoms with E-state index in [0.717, 1.165) is 10.8 Å². The van der Waals surface area contributed by atoms with E-state index >= 15 is 0 Å². The molecule has 1 aromatic heterocycles. The fourth-order valence-electron chi connectivity index (χ4n) is 0.599. The minimum absolute atomic E-state index is 0.0683. The molecule has 0 atom stereocenters. The first-order valence-corrected chi connectivity index (χ1v) is 4.31. The highest BCUT2D eigenvalue weighted by Gasteiger charge is 2.18. The van der Waals surface area contributed by atoms with E-state index in [4.69, 9.17) is 11.6 Å². The Balaban J connectivity index is 3.38. The molecule has 0 unspecified atom stereocenters. The number of nitrogens with zero attached hydrogens (tertiary/aromatic N) is 2. The molecule has 11 heavy (non-hydrogen) atoms. The van der Waals surface area contributed by atoms with E-state index in [1.165, 1.54) is 7.05 Å². The summed E-state index contributed by atoms with van der Waals surface area (Å²) in [5.74, 6) is 0. The fraction of sp³-hybridized carbons (Fsp3) is 0.250. The zero-order chi connectivity index (χ0) is 8.65. The second kappa shape index (κ2) is 2.46. The summed E-state index contributed by atoms with van der Waals surface area (Å²) in [4.78, 5) is 3.39. The summed E-state index contributed by atoms with van der Waals surface area (Å²) in [7, 11) is -3.39. The highest BCUT2D eigenvalue weighted by molar-refractivity contribution is 7.86. The number of aromatic nitrogens is 2. The van der Waals surface area contributed by atoms with Crippen molar-refractivity contribution >= 4 is 21.8 Å². The van der Waals surface area contributed by atoms with Gasteiger partial charge in [0.1, 0.15) is 0 Å². The molecule has 62 valence electrons. The van der Waals surface area contributed by atoms with E-state index in [2.05, 4.69) is 4.98 Å². The summed E-state index contributed by atoms with van der Waals surface area (Å²) in [6, 6.07) is 0. The van der Waals surface area contributed by atoms with Crippen LogP contribution in [0.15, 0.2) is 11.2 Å². The third-order valence-corrected chi connectivity index (χ3v) is 2.37. The summed E-state index contributed by atoms with van der Waals surface area (Å²) in [5, 5.41) is -0.608. The first-order valence-electron chi connectivity index (χ1n) is 2.55. The molecule has 0 amide bonds. The molecule has 0 radical (unpaired) electrons. The van der Waals surface area contributed by atoms with Crippen LogP contribution in [0.1, 0.15) is 0 Å². The van der Waals surface area contributed by atoms with Gasteiger partial charge in [0.25, 0.3) is 0 Å². The van der Waals surface area contributed by atoms with Gasteiger partial charge in [-0.1, -0.05) is 3.89 Å². The Labute approximate surface area is 67.8 Å². The third-order valence-electron chi connectivity index (χ3n) is 1.14. The lowest BCUT2D eigenvalue weighted by Gasteiger charge is -1.94. The average Bonchev–Trinajstić information content (AvgIpc) is 2.11. The topological polar surface area (TPSA) is 52.0 Å². The normalized spacial score (nSPS) is 11.9. The molecule has 1 rings (SSSR count). The van der Waals surface area contributed by atoms with Crippen LogP contribution in [0.4, 0.5) is 3.89 Å². The molecule has 0 aromatic carbocycles. The van der Waals surface area contributed by atoms with Crippen LogP contribution in [0, 0.1) is 0 Å². The highest BCUT2D eigenvalue weighted by atomic mass is 35.5. The molecular weight excluding hydrogens is 195 g/mol. The second-order valence-corrected chi connectivity index (χ2v) is 3.49. The summed E-state index contributed by atoms with van der Waals surface area (Å²) in [5.41, 5.74) is 0. The van der Waals surface area contributed by atoms with E-state index in [-0.39, 0.29) is 5.28 Å². The molecule has 1 heterocycles. The quantitative estimate of drug-likeness (QED) is 0.626. The van der Waals surface area contributed by atoms with Crippen LogP contribution < -0.4 is 0 Å². The Bertz CT molecular complexity index is 371. The van der Waals surface area contributed by atoms with Crippen molar-refractivity contribution in [3.63, 3.8) is 0 Å². The molecule has 1 aromatic rings. The van der Waals surface area contributed by atoms with E-state index in [1.54, 1.807) is 0 Å². The minimum Gasteiger partial charge on any atom is -0.307 e. The largest absolute Gasteiger partial charge is 0.349 e. The van der Waals surface area contributed by atoms with Gasteiger partial charge in [0.2, 0.25) is 5.28 Å². The summed E-state index contributed by atoms with van der Waals surface area (Å²) in [6.07, 6.45) is 0.859. The van der Waals surface area contributed by atoms with Gasteiger partial charge in [-0.25, -0.2) is 4.98 Å². The molecule has 0 aliphatic carbocycles. The van der Waals surface area contributed by atoms with Crippen LogP contribution in [0.25, 0.3) is 0 Å². The van der Waals surface area contributed by atoms with Crippen molar-refractivity contribution in [2.24, 2.45) is 7.05 Å². The third kappa shape index (κ3) is 1.51. The van der Waals surface area contributed by atoms with Gasteiger partial charge in [-0.3, -0.25) is 0 Å². The van der Waals surface area contributed by atoms with Gasteiger partial charge in [-0.2, -0.15) is 8.42 Å². The van der Waals surface area contributed by atoms with E-state index < -0.39 is 15.2 Å². The van der Waals surface area contributed by atoms with Crippen LogP contribution in [0.5, 0.6) is 0 Å². The van der Waals surface area contributed by atoms with Crippen molar-refractivity contribution in [1.82, 2.24) is 9.55 Å². The van der Waals surface area contributed by atoms with Crippen molar-refractivity contribution in [3.05, 3.63) is 11.5 Å². The molecule has 0 aliphatic rings. The van der Waals surface area contributed by atoms with E-state index in [0.29, 0.717) is 0 Å². The smallest absolute Gasteiger partial charge is 0.307 e. The summed E-state index contributed by atoms with van der Waals surface area (Å²) >= 11 is 5.36. The van der Waals surface area contributed by atoms with Crippen molar-refractivity contribution < 1.29 is 12.3 Å². The maximum absolute atomic E-state index is 12.2. The van der Waals surface area contributed by atoms with Crippen LogP contribution >= 0.6 is 11.6 Å². The molecule has 0 fully saturated rings. The predicted molar refractivity (Wildman–Crippen MR) is 36.5 cm³/mol. The summed E-state index contributed by atoms with van der Waals surface area (Å²) in [6.45, 7) is 0. The van der Waals surface area contributed by atoms with Crippen molar-refractivity contribution in [1.29, 1.82) is 0 Å². The molecule has 0 saturated heterocycles. The second-order valence-electron chi connectivity index (χ2n) is 1.86. The van der Waals surface area contributed by atoms with E-state index in [9.17, 15) is 12.3 Å². The Morgan fingerprint density at radius 3 is 2.45 bits per heavy atom. The molecule has 0 aliphatic heterocycles. The van der Waals surface area contributed by atoms with Gasteiger partial charge < -0.3 is 4.57 Å². The van der Waals surface area contributed by atoms with Crippen molar-refractivity contribution in [3.8, 4) is 0 Å². The molecule has 0 saturated carbocycles. The van der Waals surface area contributed by atoms with Crippen LogP contribution in [-0.2, 0) is 17.3 Å². The van der Waals surface area contributed by atoms with Crippen LogP contribution in [0.3, 0.4) is 0 Å². The first kappa shape index (κ1) is 8.48. The number of hydrogen-bond acceptors (Lipinski definition) is 3. The molecular formula is C4H4ClFN2O2S. The highest BCUT2D eigenvalue weighted by Crippen LogP contribution is 2.15. The Kier molecular flexibility index (Phi) is 1.89. The molecule has 0 spiro atoms. The number of imidazole rings is 1. The summed E-state index contributed by atoms with van der Waals surface area (Å²) < 4.78 is 33.8. The molecule has 7 heteroatoms. The standard InChI is InChI=1S/C4H4ClFN2O2S/c1-8-3(11(6,9)10)2-7-4(8)5/h2H,1H3. The molecule has 0 bridgehead atoms. The monoisotopic (exact) mass is 198 g/mol. The minimum atomic E-state index is -4.70. The van der Waals surface area contributed by atoms with E-state index in [1.807, 2.05) is 0 Å². The van der Waals surface area contributed by atoms with Gasteiger partial charge >= 0.3 is 10.2 Å². The maximum Gasteiger partial charge on any atom is 0.349 e. The van der Waals surface area contributed by atoms with Crippen molar-refractivity contribution in [2.75, 3.05) is 0 Å². The zero-order valence-electron chi connectivity index (χ0n) is 5.45. The Morgan fingerprint density at radius 1 is 1.73 bits per heavy atom. The van der Waals surface area contributed by atoms with Gasteiger partial charge in [-0.15, -0.1) is 0 Å². The maximum atomic E-state index is 12.2. The zero-order valence-corrected chi connectivity index (χ0v) is 7.02. The molecule has 4 nitrogen and oxygen atoms in total. The lowest BCUT2D eigenvalue weighted by Crippen LogP contribution is -2.00. The van der Waals surface area contributed by atoms with Gasteiger partial charge in [0.05, 0.1) is 6.20 Å². The van der Waals surface area contributed by atoms with Crippen LogP contribution in [0.2, 0.25) is 5.28 Å². The lowest BCUT2D eigenvalue weighted by atomic mass is 10.9. The van der Waals surface area contributed by atoms with Gasteiger partial charge in [0, 0.05) is 7.05 Å². The first-order chi connectivity index (χ1) is 4.93. The molecule has 0 N–H and O–H groups in total. The number of rotatable bonds is 1. The predicted octanol–water partition coefficient (Wildman–Crippen LogP) is 0.732. The van der Waals surface area contributed by atoms with Gasteiger partial charge in [-0.05, 0) is 11.6 Å². The van der Waals surface area contributed by atoms with Gasteiger partial charge in [0.15, 0.2) is 5.03 Å². The Morgan fingerprint density at radius 2 is 2.27 bits per heavy atom. The SMILES string of the molecule is Cn1c(S(=O)(=O)F)cnc1Cl. The average molecular weight is 199 g/mol. The van der Waals surface area contributed by atoms with Crippen molar-refractivity contribution in [2.45, 2.75) is 5.03 Å². The Hall–Kier alpha value is -0.620.